The maximum absolute atomic E-state index is 5.84. The summed E-state index contributed by atoms with van der Waals surface area (Å²) in [6, 6.07) is 7.84. The predicted molar refractivity (Wildman–Crippen MR) is 70.5 cm³/mol. The Morgan fingerprint density at radius 2 is 1.87 bits per heavy atom. The topological polar surface area (TPSA) is 12.9 Å². The summed E-state index contributed by atoms with van der Waals surface area (Å²) in [5.41, 5.74) is 2.09. The van der Waals surface area contributed by atoms with Crippen LogP contribution in [0.2, 0.25) is 5.15 Å². The van der Waals surface area contributed by atoms with Gasteiger partial charge < -0.3 is 0 Å². The Morgan fingerprint density at radius 1 is 1.20 bits per heavy atom. The molecule has 0 saturated carbocycles. The summed E-state index contributed by atoms with van der Waals surface area (Å²) >= 11 is 9.27. The summed E-state index contributed by atoms with van der Waals surface area (Å²) in [5, 5.41) is 1.69. The van der Waals surface area contributed by atoms with Gasteiger partial charge in [0.05, 0.1) is 5.52 Å². The number of rotatable bonds is 0. The zero-order valence-corrected chi connectivity index (χ0v) is 11.4. The highest BCUT2D eigenvalue weighted by atomic mass is 79.9. The smallest absolute Gasteiger partial charge is 0.130 e. The minimum absolute atomic E-state index is 0.548. The van der Waals surface area contributed by atoms with Crippen LogP contribution in [0, 0.1) is 6.92 Å². The summed E-state index contributed by atoms with van der Waals surface area (Å²) < 4.78 is 1.06. The van der Waals surface area contributed by atoms with Gasteiger partial charge in [0.2, 0.25) is 0 Å². The number of fused-ring (bicyclic) bond motifs is 1. The summed E-state index contributed by atoms with van der Waals surface area (Å²) in [6.07, 6.45) is 0. The van der Waals surface area contributed by atoms with Gasteiger partial charge in [-0.15, -0.1) is 0 Å². The van der Waals surface area contributed by atoms with Crippen LogP contribution in [0.4, 0.5) is 0 Å². The van der Waals surface area contributed by atoms with E-state index in [0.717, 1.165) is 20.9 Å². The molecular formula is C12H13BrClN. The molecule has 0 aliphatic rings. The number of pyridine rings is 1. The third-order valence-electron chi connectivity index (χ3n) is 1.95. The molecule has 0 aliphatic heterocycles. The maximum atomic E-state index is 5.84. The molecule has 0 atom stereocenters. The van der Waals surface area contributed by atoms with Crippen molar-refractivity contribution in [3.8, 4) is 0 Å². The largest absolute Gasteiger partial charge is 0.236 e. The number of nitrogens with zero attached hydrogens (tertiary/aromatic N) is 1. The summed E-state index contributed by atoms with van der Waals surface area (Å²) in [5.74, 6) is 0. The van der Waals surface area contributed by atoms with Crippen molar-refractivity contribution >= 4 is 38.4 Å². The zero-order valence-electron chi connectivity index (χ0n) is 9.01. The second-order valence-corrected chi connectivity index (χ2v) is 4.23. The number of hydrogen-bond donors (Lipinski definition) is 0. The van der Waals surface area contributed by atoms with Gasteiger partial charge in [-0.25, -0.2) is 4.98 Å². The van der Waals surface area contributed by atoms with E-state index in [-0.39, 0.29) is 0 Å². The molecule has 0 bridgehead atoms. The minimum Gasteiger partial charge on any atom is -0.236 e. The fourth-order valence-electron chi connectivity index (χ4n) is 1.33. The van der Waals surface area contributed by atoms with Gasteiger partial charge in [0.1, 0.15) is 5.15 Å². The van der Waals surface area contributed by atoms with Crippen molar-refractivity contribution in [3.63, 3.8) is 0 Å². The summed E-state index contributed by atoms with van der Waals surface area (Å²) in [7, 11) is 0. The van der Waals surface area contributed by atoms with Crippen LogP contribution in [0.15, 0.2) is 28.7 Å². The van der Waals surface area contributed by atoms with Crippen LogP contribution in [0.25, 0.3) is 10.9 Å². The van der Waals surface area contributed by atoms with Crippen molar-refractivity contribution in [2.45, 2.75) is 20.8 Å². The number of halogens is 2. The summed E-state index contributed by atoms with van der Waals surface area (Å²) in [4.78, 5) is 4.22. The molecule has 1 aromatic carbocycles. The van der Waals surface area contributed by atoms with Gasteiger partial charge >= 0.3 is 0 Å². The quantitative estimate of drug-likeness (QED) is 0.622. The molecular weight excluding hydrogens is 273 g/mol. The standard InChI is InChI=1S/C10H7BrClN.C2H6/c1-6-4-10(12)13-9-3-2-7(11)5-8(6)9;1-2/h2-5H,1H3;1-2H3. The first kappa shape index (κ1) is 12.5. The lowest BCUT2D eigenvalue weighted by Gasteiger charge is -2.02. The van der Waals surface area contributed by atoms with Gasteiger partial charge in [0, 0.05) is 9.86 Å². The minimum atomic E-state index is 0.548. The van der Waals surface area contributed by atoms with Crippen LogP contribution < -0.4 is 0 Å². The Labute approximate surface area is 104 Å². The molecule has 2 aromatic rings. The van der Waals surface area contributed by atoms with E-state index in [4.69, 9.17) is 11.6 Å². The van der Waals surface area contributed by atoms with Crippen molar-refractivity contribution < 1.29 is 0 Å². The van der Waals surface area contributed by atoms with Gasteiger partial charge in [0.25, 0.3) is 0 Å². The van der Waals surface area contributed by atoms with Crippen LogP contribution in [-0.4, -0.2) is 4.98 Å². The molecule has 0 fully saturated rings. The number of aryl methyl sites for hydroxylation is 1. The fraction of sp³-hybridized carbons (Fsp3) is 0.250. The molecule has 0 radical (unpaired) electrons. The third-order valence-corrected chi connectivity index (χ3v) is 2.63. The van der Waals surface area contributed by atoms with E-state index in [1.807, 2.05) is 45.0 Å². The van der Waals surface area contributed by atoms with Crippen LogP contribution in [0.3, 0.4) is 0 Å². The van der Waals surface area contributed by atoms with Crippen molar-refractivity contribution in [2.75, 3.05) is 0 Å². The second kappa shape index (κ2) is 5.47. The van der Waals surface area contributed by atoms with Crippen LogP contribution in [-0.2, 0) is 0 Å². The molecule has 0 saturated heterocycles. The molecule has 1 aromatic heterocycles. The van der Waals surface area contributed by atoms with Crippen molar-refractivity contribution in [1.82, 2.24) is 4.98 Å². The monoisotopic (exact) mass is 285 g/mol. The fourth-order valence-corrected chi connectivity index (χ4v) is 1.94. The average molecular weight is 287 g/mol. The number of hydrogen-bond acceptors (Lipinski definition) is 1. The van der Waals surface area contributed by atoms with Gasteiger partial charge in [-0.3, -0.25) is 0 Å². The second-order valence-electron chi connectivity index (χ2n) is 2.92. The Hall–Kier alpha value is -0.600. The lowest BCUT2D eigenvalue weighted by Crippen LogP contribution is -1.83. The molecule has 3 heteroatoms. The molecule has 0 N–H and O–H groups in total. The van der Waals surface area contributed by atoms with Crippen molar-refractivity contribution in [3.05, 3.63) is 39.5 Å². The van der Waals surface area contributed by atoms with E-state index in [1.165, 1.54) is 0 Å². The van der Waals surface area contributed by atoms with E-state index in [0.29, 0.717) is 5.15 Å². The highest BCUT2D eigenvalue weighted by molar-refractivity contribution is 9.10. The number of aromatic nitrogens is 1. The van der Waals surface area contributed by atoms with Gasteiger partial charge in [-0.2, -0.15) is 0 Å². The first-order chi connectivity index (χ1) is 7.16. The summed E-state index contributed by atoms with van der Waals surface area (Å²) in [6.45, 7) is 6.03. The van der Waals surface area contributed by atoms with E-state index in [1.54, 1.807) is 0 Å². The molecule has 0 unspecified atom stereocenters. The first-order valence-electron chi connectivity index (χ1n) is 4.89. The average Bonchev–Trinajstić information content (AvgIpc) is 2.22. The Balaban J connectivity index is 0.000000531. The van der Waals surface area contributed by atoms with E-state index >= 15 is 0 Å². The molecule has 2 rings (SSSR count). The molecule has 0 aliphatic carbocycles. The lowest BCUT2D eigenvalue weighted by molar-refractivity contribution is 1.36. The SMILES string of the molecule is CC.Cc1cc(Cl)nc2ccc(Br)cc12. The first-order valence-corrected chi connectivity index (χ1v) is 6.06. The Morgan fingerprint density at radius 3 is 2.53 bits per heavy atom. The molecule has 1 nitrogen and oxygen atoms in total. The molecule has 1 heterocycles. The molecule has 80 valence electrons. The maximum Gasteiger partial charge on any atom is 0.130 e. The van der Waals surface area contributed by atoms with Gasteiger partial charge in [-0.1, -0.05) is 41.4 Å². The van der Waals surface area contributed by atoms with E-state index < -0.39 is 0 Å². The van der Waals surface area contributed by atoms with Gasteiger partial charge in [-0.05, 0) is 36.8 Å². The molecule has 15 heavy (non-hydrogen) atoms. The van der Waals surface area contributed by atoms with E-state index in [9.17, 15) is 0 Å². The normalized spacial score (nSPS) is 9.67. The highest BCUT2D eigenvalue weighted by Crippen LogP contribution is 2.23. The third kappa shape index (κ3) is 2.93. The van der Waals surface area contributed by atoms with Crippen molar-refractivity contribution in [1.29, 1.82) is 0 Å². The zero-order chi connectivity index (χ0) is 11.4. The van der Waals surface area contributed by atoms with E-state index in [2.05, 4.69) is 20.9 Å². The van der Waals surface area contributed by atoms with Crippen molar-refractivity contribution in [2.24, 2.45) is 0 Å². The number of benzene rings is 1. The Kier molecular flexibility index (Phi) is 4.55. The lowest BCUT2D eigenvalue weighted by atomic mass is 10.1. The highest BCUT2D eigenvalue weighted by Gasteiger charge is 2.01. The molecule has 0 spiro atoms. The van der Waals surface area contributed by atoms with Crippen LogP contribution >= 0.6 is 27.5 Å². The predicted octanol–water partition coefficient (Wildman–Crippen LogP) is 4.99. The van der Waals surface area contributed by atoms with Gasteiger partial charge in [0.15, 0.2) is 0 Å². The van der Waals surface area contributed by atoms with Crippen LogP contribution in [0.5, 0.6) is 0 Å². The molecule has 0 amide bonds. The Bertz CT molecular complexity index is 468. The van der Waals surface area contributed by atoms with Crippen LogP contribution in [0.1, 0.15) is 19.4 Å².